The van der Waals surface area contributed by atoms with Crippen LogP contribution in [-0.2, 0) is 0 Å². The van der Waals surface area contributed by atoms with Gasteiger partial charge in [-0.05, 0) is 63.6 Å². The van der Waals surface area contributed by atoms with Crippen LogP contribution >= 0.6 is 0 Å². The quantitative estimate of drug-likeness (QED) is 0.895. The van der Waals surface area contributed by atoms with E-state index >= 15 is 0 Å². The third-order valence-corrected chi connectivity index (χ3v) is 4.17. The summed E-state index contributed by atoms with van der Waals surface area (Å²) in [6.45, 7) is 7.46. The zero-order valence-corrected chi connectivity index (χ0v) is 13.0. The van der Waals surface area contributed by atoms with Crippen molar-refractivity contribution in [3.05, 3.63) is 29.6 Å². The Bertz CT molecular complexity index is 453. The molecule has 0 saturated heterocycles. The minimum Gasteiger partial charge on any atom is -0.494 e. The van der Waals surface area contributed by atoms with Gasteiger partial charge in [-0.1, -0.05) is 18.6 Å². The summed E-state index contributed by atoms with van der Waals surface area (Å²) in [4.78, 5) is 0. The van der Waals surface area contributed by atoms with Crippen LogP contribution in [0.2, 0.25) is 0 Å². The summed E-state index contributed by atoms with van der Waals surface area (Å²) >= 11 is 0. The molecule has 0 aliphatic heterocycles. The molecule has 2 atom stereocenters. The van der Waals surface area contributed by atoms with Gasteiger partial charge in [0.1, 0.15) is 0 Å². The number of halogens is 1. The van der Waals surface area contributed by atoms with E-state index in [0.29, 0.717) is 17.6 Å². The fraction of sp³-hybridized carbons (Fsp3) is 0.647. The molecule has 2 rings (SSSR count). The molecule has 0 radical (unpaired) electrons. The van der Waals surface area contributed by atoms with Gasteiger partial charge in [0.05, 0.1) is 7.11 Å². The zero-order chi connectivity index (χ0) is 14.8. The summed E-state index contributed by atoms with van der Waals surface area (Å²) < 4.78 is 19.5. The molecule has 112 valence electrons. The van der Waals surface area contributed by atoms with Crippen molar-refractivity contribution in [1.82, 2.24) is 5.32 Å². The van der Waals surface area contributed by atoms with Crippen molar-refractivity contribution in [3.63, 3.8) is 0 Å². The van der Waals surface area contributed by atoms with Gasteiger partial charge in [0.2, 0.25) is 0 Å². The van der Waals surface area contributed by atoms with E-state index in [1.807, 2.05) is 12.1 Å². The number of nitrogens with one attached hydrogen (secondary N) is 1. The van der Waals surface area contributed by atoms with Crippen molar-refractivity contribution in [2.45, 2.75) is 51.5 Å². The van der Waals surface area contributed by atoms with Crippen LogP contribution in [0.1, 0.15) is 51.5 Å². The minimum atomic E-state index is -0.178. The largest absolute Gasteiger partial charge is 0.494 e. The van der Waals surface area contributed by atoms with Crippen molar-refractivity contribution in [2.75, 3.05) is 13.7 Å². The van der Waals surface area contributed by atoms with Crippen LogP contribution < -0.4 is 10.1 Å². The van der Waals surface area contributed by atoms with Gasteiger partial charge in [-0.25, -0.2) is 4.39 Å². The second kappa shape index (κ2) is 6.13. The standard InChI is InChI=1S/C17H26FNO/c1-17(2,3)19-11-12-7-5-8-13(12)14-9-6-10-15(20-4)16(14)18/h6,9-10,12-13,19H,5,7-8,11H2,1-4H3. The second-order valence-electron chi connectivity index (χ2n) is 6.79. The molecule has 1 fully saturated rings. The van der Waals surface area contributed by atoms with Crippen molar-refractivity contribution < 1.29 is 9.13 Å². The molecule has 0 amide bonds. The topological polar surface area (TPSA) is 21.3 Å². The highest BCUT2D eigenvalue weighted by atomic mass is 19.1. The Morgan fingerprint density at radius 1 is 1.30 bits per heavy atom. The molecule has 1 aromatic rings. The van der Waals surface area contributed by atoms with Crippen LogP contribution in [0.4, 0.5) is 4.39 Å². The van der Waals surface area contributed by atoms with Crippen LogP contribution in [-0.4, -0.2) is 19.2 Å². The first-order valence-corrected chi connectivity index (χ1v) is 7.50. The monoisotopic (exact) mass is 279 g/mol. The predicted octanol–water partition coefficient (Wildman–Crippen LogP) is 4.11. The van der Waals surface area contributed by atoms with Crippen LogP contribution in [0.5, 0.6) is 5.75 Å². The fourth-order valence-electron chi connectivity index (χ4n) is 3.10. The Morgan fingerprint density at radius 2 is 2.05 bits per heavy atom. The van der Waals surface area contributed by atoms with Crippen molar-refractivity contribution in [1.29, 1.82) is 0 Å². The van der Waals surface area contributed by atoms with E-state index in [-0.39, 0.29) is 11.4 Å². The van der Waals surface area contributed by atoms with Gasteiger partial charge >= 0.3 is 0 Å². The van der Waals surface area contributed by atoms with E-state index in [4.69, 9.17) is 4.74 Å². The van der Waals surface area contributed by atoms with Gasteiger partial charge in [-0.3, -0.25) is 0 Å². The smallest absolute Gasteiger partial charge is 0.168 e. The molecule has 0 heterocycles. The zero-order valence-electron chi connectivity index (χ0n) is 13.0. The molecule has 0 aromatic heterocycles. The van der Waals surface area contributed by atoms with Gasteiger partial charge in [0.25, 0.3) is 0 Å². The van der Waals surface area contributed by atoms with Crippen LogP contribution in [0.3, 0.4) is 0 Å². The Hall–Kier alpha value is -1.09. The molecule has 1 aliphatic rings. The molecule has 1 aromatic carbocycles. The van der Waals surface area contributed by atoms with Gasteiger partial charge in [0.15, 0.2) is 11.6 Å². The van der Waals surface area contributed by atoms with Crippen LogP contribution in [0.15, 0.2) is 18.2 Å². The maximum absolute atomic E-state index is 14.4. The molecule has 2 nitrogen and oxygen atoms in total. The van der Waals surface area contributed by atoms with E-state index < -0.39 is 0 Å². The third-order valence-electron chi connectivity index (χ3n) is 4.17. The first-order chi connectivity index (χ1) is 9.42. The summed E-state index contributed by atoms with van der Waals surface area (Å²) in [5, 5.41) is 3.56. The molecule has 0 spiro atoms. The normalized spacial score (nSPS) is 23.1. The Balaban J connectivity index is 2.14. The average Bonchev–Trinajstić information content (AvgIpc) is 2.84. The van der Waals surface area contributed by atoms with Gasteiger partial charge in [-0.2, -0.15) is 0 Å². The first-order valence-electron chi connectivity index (χ1n) is 7.50. The van der Waals surface area contributed by atoms with E-state index in [9.17, 15) is 4.39 Å². The summed E-state index contributed by atoms with van der Waals surface area (Å²) in [6.07, 6.45) is 3.42. The second-order valence-corrected chi connectivity index (χ2v) is 6.79. The van der Waals surface area contributed by atoms with Gasteiger partial charge < -0.3 is 10.1 Å². The molecular formula is C17H26FNO. The van der Waals surface area contributed by atoms with E-state index in [1.54, 1.807) is 6.07 Å². The molecule has 1 aliphatic carbocycles. The summed E-state index contributed by atoms with van der Waals surface area (Å²) in [6, 6.07) is 5.50. The number of ether oxygens (including phenoxy) is 1. The van der Waals surface area contributed by atoms with Gasteiger partial charge in [-0.15, -0.1) is 0 Å². The highest BCUT2D eigenvalue weighted by molar-refractivity contribution is 5.34. The highest BCUT2D eigenvalue weighted by Gasteiger charge is 2.31. The molecule has 1 N–H and O–H groups in total. The van der Waals surface area contributed by atoms with E-state index in [0.717, 1.165) is 18.5 Å². The minimum absolute atomic E-state index is 0.111. The van der Waals surface area contributed by atoms with Gasteiger partial charge in [0, 0.05) is 5.54 Å². The lowest BCUT2D eigenvalue weighted by molar-refractivity contribution is 0.347. The lowest BCUT2D eigenvalue weighted by Gasteiger charge is -2.27. The Morgan fingerprint density at radius 3 is 2.70 bits per heavy atom. The number of rotatable bonds is 4. The predicted molar refractivity (Wildman–Crippen MR) is 80.8 cm³/mol. The number of methoxy groups -OCH3 is 1. The highest BCUT2D eigenvalue weighted by Crippen LogP contribution is 2.41. The summed E-state index contributed by atoms with van der Waals surface area (Å²) in [5.41, 5.74) is 0.933. The third kappa shape index (κ3) is 3.51. The molecule has 20 heavy (non-hydrogen) atoms. The Labute approximate surface area is 121 Å². The van der Waals surface area contributed by atoms with Crippen molar-refractivity contribution in [2.24, 2.45) is 5.92 Å². The average molecular weight is 279 g/mol. The van der Waals surface area contributed by atoms with Crippen molar-refractivity contribution in [3.8, 4) is 5.75 Å². The number of benzene rings is 1. The maximum Gasteiger partial charge on any atom is 0.168 e. The molecular weight excluding hydrogens is 253 g/mol. The number of hydrogen-bond donors (Lipinski definition) is 1. The molecule has 0 bridgehead atoms. The lowest BCUT2D eigenvalue weighted by atomic mass is 9.87. The maximum atomic E-state index is 14.4. The van der Waals surface area contributed by atoms with Crippen LogP contribution in [0.25, 0.3) is 0 Å². The first kappa shape index (κ1) is 15.3. The van der Waals surface area contributed by atoms with Crippen molar-refractivity contribution >= 4 is 0 Å². The summed E-state index contributed by atoms with van der Waals surface area (Å²) in [5.74, 6) is 0.996. The SMILES string of the molecule is COc1cccc(C2CCCC2CNC(C)(C)C)c1F. The van der Waals surface area contributed by atoms with Crippen LogP contribution in [0, 0.1) is 11.7 Å². The number of hydrogen-bond acceptors (Lipinski definition) is 2. The molecule has 1 saturated carbocycles. The lowest BCUT2D eigenvalue weighted by Crippen LogP contribution is -2.39. The molecule has 2 unspecified atom stereocenters. The fourth-order valence-corrected chi connectivity index (χ4v) is 3.10. The van der Waals surface area contributed by atoms with E-state index in [2.05, 4.69) is 26.1 Å². The molecule has 3 heteroatoms. The van der Waals surface area contributed by atoms with E-state index in [1.165, 1.54) is 20.0 Å². The Kier molecular flexibility index (Phi) is 4.69. The summed E-state index contributed by atoms with van der Waals surface area (Å²) in [7, 11) is 1.52.